The number of aromatic nitrogens is 2. The molecule has 3 nitrogen and oxygen atoms in total. The maximum absolute atomic E-state index is 6.13. The molecule has 2 rings (SSSR count). The maximum Gasteiger partial charge on any atom is 0.108 e. The van der Waals surface area contributed by atoms with Gasteiger partial charge in [0.25, 0.3) is 0 Å². The molecule has 0 amide bonds. The van der Waals surface area contributed by atoms with E-state index in [0.29, 0.717) is 0 Å². The Labute approximate surface area is 79.0 Å². The predicted octanol–water partition coefficient (Wildman–Crippen LogP) is 1.23. The first-order chi connectivity index (χ1) is 6.20. The third-order valence-electron chi connectivity index (χ3n) is 3.12. The lowest BCUT2D eigenvalue weighted by Gasteiger charge is -2.38. The van der Waals surface area contributed by atoms with Crippen molar-refractivity contribution in [2.24, 2.45) is 12.8 Å². The largest absolute Gasteiger partial charge is 0.338 e. The molecule has 0 unspecified atom stereocenters. The zero-order valence-corrected chi connectivity index (χ0v) is 8.16. The van der Waals surface area contributed by atoms with Crippen LogP contribution in [0.15, 0.2) is 12.4 Å². The molecule has 1 heterocycles. The summed E-state index contributed by atoms with van der Waals surface area (Å²) in [5.74, 6) is 1.15. The molecule has 1 aromatic rings. The summed E-state index contributed by atoms with van der Waals surface area (Å²) >= 11 is 0. The van der Waals surface area contributed by atoms with Gasteiger partial charge < -0.3 is 10.3 Å². The first-order valence-corrected chi connectivity index (χ1v) is 4.95. The van der Waals surface area contributed by atoms with Gasteiger partial charge in [0.2, 0.25) is 0 Å². The highest BCUT2D eigenvalue weighted by Crippen LogP contribution is 2.32. The second kappa shape index (κ2) is 3.14. The highest BCUT2D eigenvalue weighted by atomic mass is 15.0. The van der Waals surface area contributed by atoms with Gasteiger partial charge in [0.05, 0.1) is 0 Å². The molecular formula is C10H17N3. The SMILES string of the molecule is Cn1ccnc1CCC1(N)CCC1. The molecule has 1 aliphatic carbocycles. The smallest absolute Gasteiger partial charge is 0.108 e. The summed E-state index contributed by atoms with van der Waals surface area (Å²) in [6.45, 7) is 0. The Morgan fingerprint density at radius 1 is 1.62 bits per heavy atom. The van der Waals surface area contributed by atoms with E-state index in [0.717, 1.165) is 18.7 Å². The molecule has 0 atom stereocenters. The first kappa shape index (κ1) is 8.75. The number of nitrogens with zero attached hydrogens (tertiary/aromatic N) is 2. The molecule has 1 saturated carbocycles. The summed E-state index contributed by atoms with van der Waals surface area (Å²) in [4.78, 5) is 4.28. The molecule has 13 heavy (non-hydrogen) atoms. The van der Waals surface area contributed by atoms with E-state index in [1.54, 1.807) is 0 Å². The highest BCUT2D eigenvalue weighted by Gasteiger charge is 2.31. The second-order valence-electron chi connectivity index (χ2n) is 4.17. The van der Waals surface area contributed by atoms with Crippen LogP contribution in [-0.4, -0.2) is 15.1 Å². The molecule has 1 aliphatic rings. The van der Waals surface area contributed by atoms with Crippen LogP contribution in [0.1, 0.15) is 31.5 Å². The summed E-state index contributed by atoms with van der Waals surface area (Å²) in [6.07, 6.45) is 9.61. The molecule has 0 radical (unpaired) electrons. The molecule has 2 N–H and O–H groups in total. The minimum atomic E-state index is 0.131. The lowest BCUT2D eigenvalue weighted by molar-refractivity contribution is 0.230. The van der Waals surface area contributed by atoms with Crippen molar-refractivity contribution < 1.29 is 0 Å². The predicted molar refractivity (Wildman–Crippen MR) is 52.3 cm³/mol. The van der Waals surface area contributed by atoms with Gasteiger partial charge in [-0.1, -0.05) is 0 Å². The van der Waals surface area contributed by atoms with Crippen LogP contribution in [-0.2, 0) is 13.5 Å². The van der Waals surface area contributed by atoms with E-state index in [1.165, 1.54) is 19.3 Å². The summed E-state index contributed by atoms with van der Waals surface area (Å²) < 4.78 is 2.07. The molecule has 0 aromatic carbocycles. The van der Waals surface area contributed by atoms with Crippen molar-refractivity contribution >= 4 is 0 Å². The maximum atomic E-state index is 6.13. The molecule has 0 saturated heterocycles. The standard InChI is InChI=1S/C10H17N3/c1-13-8-7-12-9(13)3-6-10(11)4-2-5-10/h7-8H,2-6,11H2,1H3. The Hall–Kier alpha value is -0.830. The van der Waals surface area contributed by atoms with E-state index in [4.69, 9.17) is 5.73 Å². The van der Waals surface area contributed by atoms with Crippen LogP contribution in [0.2, 0.25) is 0 Å². The van der Waals surface area contributed by atoms with E-state index in [1.807, 2.05) is 19.4 Å². The van der Waals surface area contributed by atoms with E-state index in [-0.39, 0.29) is 5.54 Å². The number of rotatable bonds is 3. The average Bonchev–Trinajstić information content (AvgIpc) is 2.44. The van der Waals surface area contributed by atoms with Crippen molar-refractivity contribution in [3.8, 4) is 0 Å². The van der Waals surface area contributed by atoms with E-state index in [2.05, 4.69) is 9.55 Å². The molecule has 0 spiro atoms. The zero-order chi connectivity index (χ0) is 9.31. The van der Waals surface area contributed by atoms with Gasteiger partial charge in [0.15, 0.2) is 0 Å². The minimum Gasteiger partial charge on any atom is -0.338 e. The molecule has 3 heteroatoms. The molecule has 1 fully saturated rings. The average molecular weight is 179 g/mol. The third kappa shape index (κ3) is 1.75. The van der Waals surface area contributed by atoms with Gasteiger partial charge in [-0.05, 0) is 25.7 Å². The Morgan fingerprint density at radius 3 is 2.85 bits per heavy atom. The van der Waals surface area contributed by atoms with E-state index < -0.39 is 0 Å². The van der Waals surface area contributed by atoms with E-state index >= 15 is 0 Å². The second-order valence-corrected chi connectivity index (χ2v) is 4.17. The van der Waals surface area contributed by atoms with Crippen molar-refractivity contribution in [1.82, 2.24) is 9.55 Å². The van der Waals surface area contributed by atoms with Crippen molar-refractivity contribution in [2.45, 2.75) is 37.6 Å². The van der Waals surface area contributed by atoms with Gasteiger partial charge in [-0.3, -0.25) is 0 Å². The number of nitrogens with two attached hydrogens (primary N) is 1. The van der Waals surface area contributed by atoms with Crippen LogP contribution >= 0.6 is 0 Å². The van der Waals surface area contributed by atoms with Crippen LogP contribution in [0.3, 0.4) is 0 Å². The Kier molecular flexibility index (Phi) is 2.12. The molecule has 72 valence electrons. The van der Waals surface area contributed by atoms with Crippen molar-refractivity contribution in [2.75, 3.05) is 0 Å². The Balaban J connectivity index is 1.89. The Morgan fingerprint density at radius 2 is 2.38 bits per heavy atom. The van der Waals surface area contributed by atoms with Crippen molar-refractivity contribution in [3.05, 3.63) is 18.2 Å². The van der Waals surface area contributed by atoms with Crippen LogP contribution in [0.4, 0.5) is 0 Å². The minimum absolute atomic E-state index is 0.131. The van der Waals surface area contributed by atoms with Gasteiger partial charge in [-0.25, -0.2) is 4.98 Å². The molecular weight excluding hydrogens is 162 g/mol. The fourth-order valence-corrected chi connectivity index (χ4v) is 1.88. The third-order valence-corrected chi connectivity index (χ3v) is 3.12. The molecule has 0 bridgehead atoms. The van der Waals surface area contributed by atoms with Gasteiger partial charge in [0.1, 0.15) is 5.82 Å². The number of aryl methyl sites for hydroxylation is 2. The number of imidazole rings is 1. The van der Waals surface area contributed by atoms with Gasteiger partial charge in [-0.2, -0.15) is 0 Å². The van der Waals surface area contributed by atoms with Crippen molar-refractivity contribution in [3.63, 3.8) is 0 Å². The summed E-state index contributed by atoms with van der Waals surface area (Å²) in [5, 5.41) is 0. The molecule has 1 aromatic heterocycles. The summed E-state index contributed by atoms with van der Waals surface area (Å²) in [5.41, 5.74) is 6.26. The number of hydrogen-bond acceptors (Lipinski definition) is 2. The fourth-order valence-electron chi connectivity index (χ4n) is 1.88. The summed E-state index contributed by atoms with van der Waals surface area (Å²) in [6, 6.07) is 0. The fraction of sp³-hybridized carbons (Fsp3) is 0.700. The normalized spacial score (nSPS) is 19.8. The van der Waals surface area contributed by atoms with Crippen LogP contribution in [0.5, 0.6) is 0 Å². The lowest BCUT2D eigenvalue weighted by Crippen LogP contribution is -2.46. The zero-order valence-electron chi connectivity index (χ0n) is 8.16. The van der Waals surface area contributed by atoms with E-state index in [9.17, 15) is 0 Å². The van der Waals surface area contributed by atoms with Crippen LogP contribution in [0.25, 0.3) is 0 Å². The quantitative estimate of drug-likeness (QED) is 0.758. The highest BCUT2D eigenvalue weighted by molar-refractivity contribution is 4.98. The van der Waals surface area contributed by atoms with Crippen LogP contribution in [0, 0.1) is 0 Å². The summed E-state index contributed by atoms with van der Waals surface area (Å²) in [7, 11) is 2.03. The first-order valence-electron chi connectivity index (χ1n) is 4.95. The number of hydrogen-bond donors (Lipinski definition) is 1. The van der Waals surface area contributed by atoms with Gasteiger partial charge in [-0.15, -0.1) is 0 Å². The van der Waals surface area contributed by atoms with Gasteiger partial charge in [0, 0.05) is 31.4 Å². The van der Waals surface area contributed by atoms with Gasteiger partial charge >= 0.3 is 0 Å². The lowest BCUT2D eigenvalue weighted by atomic mass is 9.74. The van der Waals surface area contributed by atoms with Crippen LogP contribution < -0.4 is 5.73 Å². The van der Waals surface area contributed by atoms with Crippen molar-refractivity contribution in [1.29, 1.82) is 0 Å². The molecule has 0 aliphatic heterocycles. The monoisotopic (exact) mass is 179 g/mol. The topological polar surface area (TPSA) is 43.8 Å². The Bertz CT molecular complexity index is 286.